The molecule has 2 aromatic heterocycles. The molecule has 0 unspecified atom stereocenters. The van der Waals surface area contributed by atoms with E-state index in [0.717, 1.165) is 59.3 Å². The Kier molecular flexibility index (Phi) is 8.58. The van der Waals surface area contributed by atoms with Crippen LogP contribution < -0.4 is 5.32 Å². The second-order valence-electron chi connectivity index (χ2n) is 9.28. The number of phenolic OH excluding ortho intramolecular Hbond substituents is 1. The summed E-state index contributed by atoms with van der Waals surface area (Å²) in [6.07, 6.45) is 9.28. The lowest BCUT2D eigenvalue weighted by molar-refractivity contribution is 0.267. The van der Waals surface area contributed by atoms with E-state index in [4.69, 9.17) is 28.2 Å². The van der Waals surface area contributed by atoms with Gasteiger partial charge in [-0.1, -0.05) is 60.7 Å². The number of hydrogen-bond acceptors (Lipinski definition) is 4. The predicted molar refractivity (Wildman–Crippen MR) is 149 cm³/mol. The number of benzene rings is 2. The topological polar surface area (TPSA) is 73.8 Å². The second kappa shape index (κ2) is 11.7. The van der Waals surface area contributed by atoms with Crippen LogP contribution in [-0.2, 0) is 12.0 Å². The molecule has 0 saturated heterocycles. The molecular formula is C28H29Cl3N4O. The van der Waals surface area contributed by atoms with Gasteiger partial charge in [0, 0.05) is 47.0 Å². The first kappa shape index (κ1) is 26.5. The third kappa shape index (κ3) is 5.70. The zero-order valence-electron chi connectivity index (χ0n) is 19.8. The Morgan fingerprint density at radius 3 is 2.33 bits per heavy atom. The average molecular weight is 544 g/mol. The van der Waals surface area contributed by atoms with Crippen molar-refractivity contribution in [2.24, 2.45) is 0 Å². The first-order valence-electron chi connectivity index (χ1n) is 12.0. The minimum atomic E-state index is -0.0980. The number of halogens is 3. The van der Waals surface area contributed by atoms with Gasteiger partial charge in [-0.3, -0.25) is 4.98 Å². The number of aromatic amines is 1. The van der Waals surface area contributed by atoms with E-state index in [1.807, 2.05) is 30.3 Å². The molecule has 1 aliphatic rings. The summed E-state index contributed by atoms with van der Waals surface area (Å²) in [4.78, 5) is 13.0. The van der Waals surface area contributed by atoms with Crippen LogP contribution >= 0.6 is 35.6 Å². The highest BCUT2D eigenvalue weighted by molar-refractivity contribution is 6.32. The van der Waals surface area contributed by atoms with Crippen LogP contribution in [0.1, 0.15) is 43.5 Å². The Balaban J connectivity index is 0.00000304. The SMILES string of the molecule is Cl.Oc1cc(-c2nc(C3(CNCc4ccc(Cl)cc4)CCCCC3)[nH]c2-c2ccncc2)ccc1Cl. The maximum absolute atomic E-state index is 10.3. The van der Waals surface area contributed by atoms with Crippen molar-refractivity contribution in [1.82, 2.24) is 20.3 Å². The van der Waals surface area contributed by atoms with Gasteiger partial charge in [0.05, 0.1) is 16.4 Å². The summed E-state index contributed by atoms with van der Waals surface area (Å²) >= 11 is 12.1. The van der Waals surface area contributed by atoms with Gasteiger partial charge in [-0.2, -0.15) is 0 Å². The van der Waals surface area contributed by atoms with Gasteiger partial charge < -0.3 is 15.4 Å². The van der Waals surface area contributed by atoms with Crippen molar-refractivity contribution in [2.75, 3.05) is 6.54 Å². The fraction of sp³-hybridized carbons (Fsp3) is 0.286. The Morgan fingerprint density at radius 2 is 1.64 bits per heavy atom. The highest BCUT2D eigenvalue weighted by Gasteiger charge is 2.37. The summed E-state index contributed by atoms with van der Waals surface area (Å²) in [5.41, 5.74) is 4.66. The molecule has 0 spiro atoms. The van der Waals surface area contributed by atoms with Crippen LogP contribution in [0, 0.1) is 0 Å². The number of aromatic hydroxyl groups is 1. The molecule has 1 fully saturated rings. The normalized spacial score (nSPS) is 14.8. The van der Waals surface area contributed by atoms with Crippen LogP contribution in [0.25, 0.3) is 22.5 Å². The number of aromatic nitrogens is 3. The number of nitrogens with one attached hydrogen (secondary N) is 2. The minimum absolute atomic E-state index is 0. The maximum Gasteiger partial charge on any atom is 0.134 e. The highest BCUT2D eigenvalue weighted by atomic mass is 35.5. The molecule has 2 aromatic carbocycles. The quantitative estimate of drug-likeness (QED) is 0.225. The van der Waals surface area contributed by atoms with Gasteiger partial charge in [0.2, 0.25) is 0 Å². The van der Waals surface area contributed by atoms with Gasteiger partial charge in [0.25, 0.3) is 0 Å². The number of H-pyrrole nitrogens is 1. The van der Waals surface area contributed by atoms with Crippen LogP contribution in [0.2, 0.25) is 10.0 Å². The molecule has 5 nitrogen and oxygen atoms in total. The molecule has 2 heterocycles. The van der Waals surface area contributed by atoms with Crippen molar-refractivity contribution in [3.8, 4) is 28.3 Å². The van der Waals surface area contributed by atoms with Crippen LogP contribution in [0.3, 0.4) is 0 Å². The van der Waals surface area contributed by atoms with Crippen molar-refractivity contribution in [3.63, 3.8) is 0 Å². The molecule has 0 bridgehead atoms. The lowest BCUT2D eigenvalue weighted by Gasteiger charge is -2.36. The van der Waals surface area contributed by atoms with E-state index < -0.39 is 0 Å². The molecule has 4 aromatic rings. The van der Waals surface area contributed by atoms with E-state index in [9.17, 15) is 5.11 Å². The minimum Gasteiger partial charge on any atom is -0.506 e. The Labute approximate surface area is 227 Å². The van der Waals surface area contributed by atoms with Gasteiger partial charge in [0.1, 0.15) is 11.6 Å². The molecule has 0 radical (unpaired) electrons. The zero-order valence-corrected chi connectivity index (χ0v) is 22.1. The molecule has 5 rings (SSSR count). The summed E-state index contributed by atoms with van der Waals surface area (Å²) < 4.78 is 0. The van der Waals surface area contributed by atoms with E-state index >= 15 is 0 Å². The van der Waals surface area contributed by atoms with E-state index in [2.05, 4.69) is 27.4 Å². The van der Waals surface area contributed by atoms with Gasteiger partial charge in [-0.05, 0) is 54.8 Å². The number of hydrogen-bond donors (Lipinski definition) is 3. The summed E-state index contributed by atoms with van der Waals surface area (Å²) in [5, 5.41) is 15.0. The third-order valence-corrected chi connectivity index (χ3v) is 7.48. The predicted octanol–water partition coefficient (Wildman–Crippen LogP) is 7.56. The van der Waals surface area contributed by atoms with Crippen molar-refractivity contribution < 1.29 is 5.11 Å². The fourth-order valence-corrected chi connectivity index (χ4v) is 5.24. The van der Waals surface area contributed by atoms with Crippen LogP contribution in [0.5, 0.6) is 5.75 Å². The van der Waals surface area contributed by atoms with Crippen molar-refractivity contribution in [1.29, 1.82) is 0 Å². The number of pyridine rings is 1. The Bertz CT molecular complexity index is 1290. The molecule has 3 N–H and O–H groups in total. The standard InChI is InChI=1S/C28H28Cl2N4O.ClH/c29-22-7-4-19(5-8-22)17-32-18-28(12-2-1-3-13-28)27-33-25(20-10-14-31-15-11-20)26(34-27)21-6-9-23(30)24(35)16-21;/h4-11,14-16,32,35H,1-3,12-13,17-18H2,(H,33,34);1H. The largest absolute Gasteiger partial charge is 0.506 e. The van der Waals surface area contributed by atoms with E-state index in [-0.39, 0.29) is 23.6 Å². The van der Waals surface area contributed by atoms with Gasteiger partial charge >= 0.3 is 0 Å². The molecule has 36 heavy (non-hydrogen) atoms. The number of nitrogens with zero attached hydrogens (tertiary/aromatic N) is 2. The first-order valence-corrected chi connectivity index (χ1v) is 12.7. The van der Waals surface area contributed by atoms with Crippen LogP contribution in [-0.4, -0.2) is 26.6 Å². The van der Waals surface area contributed by atoms with E-state index in [0.29, 0.717) is 5.02 Å². The van der Waals surface area contributed by atoms with E-state index in [1.165, 1.54) is 24.8 Å². The summed E-state index contributed by atoms with van der Waals surface area (Å²) in [5.74, 6) is 1.03. The summed E-state index contributed by atoms with van der Waals surface area (Å²) in [6, 6.07) is 17.2. The molecule has 1 aliphatic carbocycles. The number of phenols is 1. The maximum atomic E-state index is 10.3. The first-order chi connectivity index (χ1) is 17.0. The number of rotatable bonds is 7. The second-order valence-corrected chi connectivity index (χ2v) is 10.1. The summed E-state index contributed by atoms with van der Waals surface area (Å²) in [6.45, 7) is 1.60. The smallest absolute Gasteiger partial charge is 0.134 e. The Morgan fingerprint density at radius 1 is 0.917 bits per heavy atom. The number of imidazole rings is 1. The molecule has 0 amide bonds. The van der Waals surface area contributed by atoms with Crippen molar-refractivity contribution >= 4 is 35.6 Å². The molecule has 188 valence electrons. The molecule has 8 heteroatoms. The van der Waals surface area contributed by atoms with Gasteiger partial charge in [-0.25, -0.2) is 4.98 Å². The molecule has 1 saturated carbocycles. The van der Waals surface area contributed by atoms with Crippen LogP contribution in [0.4, 0.5) is 0 Å². The van der Waals surface area contributed by atoms with Crippen molar-refractivity contribution in [2.45, 2.75) is 44.1 Å². The third-order valence-electron chi connectivity index (χ3n) is 6.91. The highest BCUT2D eigenvalue weighted by Crippen LogP contribution is 2.41. The summed E-state index contributed by atoms with van der Waals surface area (Å²) in [7, 11) is 0. The molecular weight excluding hydrogens is 515 g/mol. The monoisotopic (exact) mass is 542 g/mol. The molecule has 0 aliphatic heterocycles. The average Bonchev–Trinajstić information content (AvgIpc) is 3.34. The van der Waals surface area contributed by atoms with Gasteiger partial charge in [0.15, 0.2) is 0 Å². The lowest BCUT2D eigenvalue weighted by Crippen LogP contribution is -2.40. The van der Waals surface area contributed by atoms with E-state index in [1.54, 1.807) is 24.5 Å². The molecule has 0 atom stereocenters. The van der Waals surface area contributed by atoms with Gasteiger partial charge in [-0.15, -0.1) is 12.4 Å². The fourth-order valence-electron chi connectivity index (χ4n) is 4.99. The zero-order chi connectivity index (χ0) is 24.3. The van der Waals surface area contributed by atoms with Crippen molar-refractivity contribution in [3.05, 3.63) is 88.4 Å². The van der Waals surface area contributed by atoms with Crippen LogP contribution in [0.15, 0.2) is 67.0 Å². The lowest BCUT2D eigenvalue weighted by atomic mass is 9.73. The Hall–Kier alpha value is -2.57.